The molecule has 2 unspecified atom stereocenters. The van der Waals surface area contributed by atoms with Gasteiger partial charge < -0.3 is 0 Å². The molecule has 0 aliphatic heterocycles. The van der Waals surface area contributed by atoms with Gasteiger partial charge in [0.15, 0.2) is 4.60 Å². The van der Waals surface area contributed by atoms with Crippen molar-refractivity contribution in [3.8, 4) is 0 Å². The van der Waals surface area contributed by atoms with E-state index < -0.39 is 0 Å². The normalized spacial score (nSPS) is 26.5. The highest BCUT2D eigenvalue weighted by Crippen LogP contribution is 2.34. The van der Waals surface area contributed by atoms with Crippen molar-refractivity contribution in [2.75, 3.05) is 0 Å². The molecule has 0 fully saturated rings. The molecule has 0 spiro atoms. The van der Waals surface area contributed by atoms with Gasteiger partial charge in [-0.05, 0) is 40.3 Å². The van der Waals surface area contributed by atoms with Gasteiger partial charge in [0.2, 0.25) is 0 Å². The lowest BCUT2D eigenvalue weighted by Crippen LogP contribution is -2.13. The number of nitrogens with zero attached hydrogens (tertiary/aromatic N) is 3. The van der Waals surface area contributed by atoms with Gasteiger partial charge in [0.1, 0.15) is 0 Å². The van der Waals surface area contributed by atoms with Crippen LogP contribution < -0.4 is 0 Å². The number of aromatic nitrogens is 3. The van der Waals surface area contributed by atoms with Gasteiger partial charge in [-0.3, -0.25) is 0 Å². The van der Waals surface area contributed by atoms with Crippen LogP contribution in [0.15, 0.2) is 10.7 Å². The first-order valence-corrected chi connectivity index (χ1v) is 6.21. The maximum atomic E-state index is 6.19. The molecule has 1 heterocycles. The Kier molecular flexibility index (Phi) is 3.16. The molecule has 15 heavy (non-hydrogen) atoms. The Morgan fingerprint density at radius 2 is 2.33 bits per heavy atom. The lowest BCUT2D eigenvalue weighted by atomic mass is 9.89. The van der Waals surface area contributed by atoms with Crippen LogP contribution in [0.2, 0.25) is 0 Å². The van der Waals surface area contributed by atoms with Crippen LogP contribution in [0.4, 0.5) is 0 Å². The topological polar surface area (TPSA) is 30.7 Å². The number of hydrogen-bond acceptors (Lipinski definition) is 2. The largest absolute Gasteiger partial charge is 0.247 e. The molecule has 0 amide bonds. The number of allylic oxidation sites excluding steroid dienone is 2. The number of alkyl halides is 1. The molecule has 1 aromatic rings. The number of halogens is 2. The van der Waals surface area contributed by atoms with Gasteiger partial charge in [-0.25, -0.2) is 4.68 Å². The molecule has 2 rings (SSSR count). The summed E-state index contributed by atoms with van der Waals surface area (Å²) in [6.45, 7) is 2.22. The predicted molar refractivity (Wildman–Crippen MR) is 64.7 cm³/mol. The summed E-state index contributed by atoms with van der Waals surface area (Å²) >= 11 is 9.60. The molecular weight excluding hydrogens is 277 g/mol. The highest BCUT2D eigenvalue weighted by molar-refractivity contribution is 9.10. The third kappa shape index (κ3) is 2.26. The standard InChI is InChI=1S/C10H13BrClN3/c1-6-3-7(5-8(12)4-6)9-10(11)13-14-15(9)2/h5-6,8H,3-4H2,1-2H3. The van der Waals surface area contributed by atoms with E-state index in [1.807, 2.05) is 7.05 Å². The van der Waals surface area contributed by atoms with Crippen molar-refractivity contribution in [2.45, 2.75) is 25.1 Å². The maximum absolute atomic E-state index is 6.19. The first kappa shape index (κ1) is 11.1. The molecule has 0 bridgehead atoms. The van der Waals surface area contributed by atoms with Gasteiger partial charge in [0.05, 0.1) is 11.1 Å². The van der Waals surface area contributed by atoms with Crippen LogP contribution >= 0.6 is 27.5 Å². The zero-order chi connectivity index (χ0) is 11.0. The van der Waals surface area contributed by atoms with Crippen molar-refractivity contribution in [3.63, 3.8) is 0 Å². The minimum Gasteiger partial charge on any atom is -0.247 e. The van der Waals surface area contributed by atoms with Gasteiger partial charge in [-0.1, -0.05) is 18.2 Å². The van der Waals surface area contributed by atoms with Crippen LogP contribution in [0.5, 0.6) is 0 Å². The Bertz CT molecular complexity index is 380. The molecule has 1 aliphatic rings. The summed E-state index contributed by atoms with van der Waals surface area (Å²) in [6, 6.07) is 0. The predicted octanol–water partition coefficient (Wildman–Crippen LogP) is 3.00. The van der Waals surface area contributed by atoms with Gasteiger partial charge >= 0.3 is 0 Å². The summed E-state index contributed by atoms with van der Waals surface area (Å²) < 4.78 is 2.59. The highest BCUT2D eigenvalue weighted by atomic mass is 79.9. The third-order valence-corrected chi connectivity index (χ3v) is 3.51. The van der Waals surface area contributed by atoms with Crippen LogP contribution in [0.25, 0.3) is 5.57 Å². The Hall–Kier alpha value is -0.350. The van der Waals surface area contributed by atoms with Crippen molar-refractivity contribution < 1.29 is 0 Å². The fraction of sp³-hybridized carbons (Fsp3) is 0.600. The van der Waals surface area contributed by atoms with E-state index in [1.165, 1.54) is 5.57 Å². The van der Waals surface area contributed by atoms with E-state index in [2.05, 4.69) is 39.2 Å². The Labute approximate surface area is 103 Å². The van der Waals surface area contributed by atoms with E-state index in [0.717, 1.165) is 23.1 Å². The van der Waals surface area contributed by atoms with Crippen molar-refractivity contribution in [2.24, 2.45) is 13.0 Å². The molecule has 0 N–H and O–H groups in total. The van der Waals surface area contributed by atoms with Crippen LogP contribution in [0.1, 0.15) is 25.5 Å². The molecule has 0 radical (unpaired) electrons. The van der Waals surface area contributed by atoms with E-state index in [-0.39, 0.29) is 5.38 Å². The van der Waals surface area contributed by atoms with Crippen LogP contribution in [-0.2, 0) is 7.05 Å². The average molecular weight is 291 g/mol. The summed E-state index contributed by atoms with van der Waals surface area (Å²) in [5.74, 6) is 0.620. The summed E-state index contributed by atoms with van der Waals surface area (Å²) in [5.41, 5.74) is 2.29. The van der Waals surface area contributed by atoms with E-state index >= 15 is 0 Å². The molecule has 1 aliphatic carbocycles. The zero-order valence-electron chi connectivity index (χ0n) is 8.74. The lowest BCUT2D eigenvalue weighted by Gasteiger charge is -2.22. The second-order valence-corrected chi connectivity index (χ2v) is 5.42. The van der Waals surface area contributed by atoms with Crippen molar-refractivity contribution in [3.05, 3.63) is 16.4 Å². The number of hydrogen-bond donors (Lipinski definition) is 0. The van der Waals surface area contributed by atoms with Crippen molar-refractivity contribution in [1.82, 2.24) is 15.0 Å². The molecule has 0 saturated carbocycles. The van der Waals surface area contributed by atoms with Crippen LogP contribution in [-0.4, -0.2) is 20.4 Å². The smallest absolute Gasteiger partial charge is 0.155 e. The van der Waals surface area contributed by atoms with E-state index in [1.54, 1.807) is 4.68 Å². The molecule has 2 atom stereocenters. The Morgan fingerprint density at radius 1 is 1.60 bits per heavy atom. The van der Waals surface area contributed by atoms with Crippen LogP contribution in [0.3, 0.4) is 0 Å². The molecule has 82 valence electrons. The molecule has 1 aromatic heterocycles. The van der Waals surface area contributed by atoms with E-state index in [0.29, 0.717) is 5.92 Å². The first-order chi connectivity index (χ1) is 7.08. The maximum Gasteiger partial charge on any atom is 0.155 e. The summed E-state index contributed by atoms with van der Waals surface area (Å²) in [4.78, 5) is 0. The van der Waals surface area contributed by atoms with Gasteiger partial charge in [0.25, 0.3) is 0 Å². The average Bonchev–Trinajstić information content (AvgIpc) is 2.44. The molecule has 0 saturated heterocycles. The molecule has 5 heteroatoms. The Balaban J connectivity index is 2.38. The number of aryl methyl sites for hydroxylation is 1. The fourth-order valence-corrected chi connectivity index (χ4v) is 3.08. The summed E-state index contributed by atoms with van der Waals surface area (Å²) in [5, 5.41) is 8.09. The fourth-order valence-electron chi connectivity index (χ4n) is 2.05. The van der Waals surface area contributed by atoms with Crippen LogP contribution in [0, 0.1) is 5.92 Å². The van der Waals surface area contributed by atoms with Gasteiger partial charge in [-0.15, -0.1) is 16.7 Å². The monoisotopic (exact) mass is 289 g/mol. The zero-order valence-corrected chi connectivity index (χ0v) is 11.1. The molecular formula is C10H13BrClN3. The molecule has 3 nitrogen and oxygen atoms in total. The van der Waals surface area contributed by atoms with E-state index in [9.17, 15) is 0 Å². The SMILES string of the molecule is CC1CC(c2c(Br)nnn2C)=CC(Cl)C1. The summed E-state index contributed by atoms with van der Waals surface area (Å²) in [7, 11) is 1.90. The minimum absolute atomic E-state index is 0.130. The van der Waals surface area contributed by atoms with Crippen molar-refractivity contribution >= 4 is 33.1 Å². The quantitative estimate of drug-likeness (QED) is 0.745. The Morgan fingerprint density at radius 3 is 2.87 bits per heavy atom. The third-order valence-electron chi connectivity index (χ3n) is 2.67. The van der Waals surface area contributed by atoms with Crippen molar-refractivity contribution in [1.29, 1.82) is 0 Å². The molecule has 0 aromatic carbocycles. The lowest BCUT2D eigenvalue weighted by molar-refractivity contribution is 0.536. The summed E-state index contributed by atoms with van der Waals surface area (Å²) in [6.07, 6.45) is 4.21. The second-order valence-electron chi connectivity index (χ2n) is 4.11. The number of rotatable bonds is 1. The second kappa shape index (κ2) is 4.26. The van der Waals surface area contributed by atoms with Gasteiger partial charge in [0, 0.05) is 7.05 Å². The van der Waals surface area contributed by atoms with Gasteiger partial charge in [-0.2, -0.15) is 0 Å². The first-order valence-electron chi connectivity index (χ1n) is 4.98. The van der Waals surface area contributed by atoms with E-state index in [4.69, 9.17) is 11.6 Å². The highest BCUT2D eigenvalue weighted by Gasteiger charge is 2.22. The minimum atomic E-state index is 0.130.